The molecule has 1 atom stereocenters. The van der Waals surface area contributed by atoms with Gasteiger partial charge in [-0.1, -0.05) is 0 Å². The molecule has 0 aliphatic rings. The maximum atomic E-state index is 8.84. The van der Waals surface area contributed by atoms with Crippen molar-refractivity contribution in [3.63, 3.8) is 0 Å². The van der Waals surface area contributed by atoms with E-state index in [4.69, 9.17) is 10.2 Å². The Hall–Kier alpha value is 0.230. The third-order valence-corrected chi connectivity index (χ3v) is 1.69. The van der Waals surface area contributed by atoms with Crippen LogP contribution in [-0.2, 0) is 0 Å². The van der Waals surface area contributed by atoms with E-state index in [0.29, 0.717) is 6.54 Å². The summed E-state index contributed by atoms with van der Waals surface area (Å²) >= 11 is 1.75. The number of nitrogens with one attached hydrogen (secondary N) is 1. The fraction of sp³-hybridized carbons (Fsp3) is 1.00. The Bertz CT molecular complexity index is 72.8. The summed E-state index contributed by atoms with van der Waals surface area (Å²) in [4.78, 5) is 0. The van der Waals surface area contributed by atoms with Crippen molar-refractivity contribution in [3.8, 4) is 0 Å². The maximum Gasteiger partial charge on any atom is 0.0894 e. The van der Waals surface area contributed by atoms with Crippen molar-refractivity contribution in [2.24, 2.45) is 0 Å². The Morgan fingerprint density at radius 3 is 2.80 bits per heavy atom. The van der Waals surface area contributed by atoms with Gasteiger partial charge in [-0.2, -0.15) is 11.8 Å². The van der Waals surface area contributed by atoms with Gasteiger partial charge in [-0.15, -0.1) is 0 Å². The van der Waals surface area contributed by atoms with E-state index in [0.717, 1.165) is 12.3 Å². The first-order chi connectivity index (χ1) is 4.81. The van der Waals surface area contributed by atoms with Crippen LogP contribution >= 0.6 is 11.8 Å². The summed E-state index contributed by atoms with van der Waals surface area (Å²) < 4.78 is 0. The highest BCUT2D eigenvalue weighted by atomic mass is 32.2. The Balaban J connectivity index is 2.89. The topological polar surface area (TPSA) is 52.5 Å². The standard InChI is InChI=1S/C6H15NO2S/c1-10-3-2-7-4-6(9)5-8/h6-9H,2-5H2,1H3/t6-/m0/s1. The van der Waals surface area contributed by atoms with Gasteiger partial charge in [0.05, 0.1) is 12.7 Å². The minimum absolute atomic E-state index is 0.160. The van der Waals surface area contributed by atoms with E-state index in [1.54, 1.807) is 11.8 Å². The van der Waals surface area contributed by atoms with E-state index in [-0.39, 0.29) is 6.61 Å². The lowest BCUT2D eigenvalue weighted by Gasteiger charge is -2.07. The van der Waals surface area contributed by atoms with Gasteiger partial charge in [-0.05, 0) is 6.26 Å². The predicted molar refractivity (Wildman–Crippen MR) is 44.3 cm³/mol. The molecule has 0 rings (SSSR count). The molecule has 4 heteroatoms. The zero-order valence-corrected chi connectivity index (χ0v) is 7.02. The molecule has 0 saturated heterocycles. The van der Waals surface area contributed by atoms with E-state index in [9.17, 15) is 0 Å². The van der Waals surface area contributed by atoms with Crippen molar-refractivity contribution in [1.29, 1.82) is 0 Å². The number of aliphatic hydroxyl groups is 2. The molecule has 0 unspecified atom stereocenters. The highest BCUT2D eigenvalue weighted by molar-refractivity contribution is 7.98. The molecule has 0 amide bonds. The van der Waals surface area contributed by atoms with Gasteiger partial charge in [-0.25, -0.2) is 0 Å². The molecule has 0 aromatic carbocycles. The van der Waals surface area contributed by atoms with Crippen molar-refractivity contribution >= 4 is 11.8 Å². The molecule has 10 heavy (non-hydrogen) atoms. The van der Waals surface area contributed by atoms with Crippen LogP contribution in [0, 0.1) is 0 Å². The van der Waals surface area contributed by atoms with Gasteiger partial charge in [0.1, 0.15) is 0 Å². The summed E-state index contributed by atoms with van der Waals surface area (Å²) in [5.74, 6) is 1.04. The van der Waals surface area contributed by atoms with Gasteiger partial charge in [0.2, 0.25) is 0 Å². The van der Waals surface area contributed by atoms with Gasteiger partial charge in [0.25, 0.3) is 0 Å². The van der Waals surface area contributed by atoms with Gasteiger partial charge >= 0.3 is 0 Å². The van der Waals surface area contributed by atoms with Crippen molar-refractivity contribution < 1.29 is 10.2 Å². The van der Waals surface area contributed by atoms with E-state index < -0.39 is 6.10 Å². The van der Waals surface area contributed by atoms with Crippen LogP contribution in [0.2, 0.25) is 0 Å². The molecular weight excluding hydrogens is 150 g/mol. The fourth-order valence-corrected chi connectivity index (χ4v) is 0.856. The van der Waals surface area contributed by atoms with E-state index in [1.165, 1.54) is 0 Å². The lowest BCUT2D eigenvalue weighted by atomic mass is 10.4. The molecule has 0 radical (unpaired) electrons. The number of hydrogen-bond acceptors (Lipinski definition) is 4. The Morgan fingerprint density at radius 1 is 1.60 bits per heavy atom. The van der Waals surface area contributed by atoms with E-state index in [1.807, 2.05) is 6.26 Å². The van der Waals surface area contributed by atoms with Crippen LogP contribution in [0.25, 0.3) is 0 Å². The molecule has 62 valence electrons. The predicted octanol–water partition coefficient (Wildman–Crippen LogP) is -0.708. The molecule has 0 heterocycles. The molecule has 0 aliphatic heterocycles. The van der Waals surface area contributed by atoms with Gasteiger partial charge in [0, 0.05) is 18.8 Å². The summed E-state index contributed by atoms with van der Waals surface area (Å²) in [6.07, 6.45) is 1.42. The highest BCUT2D eigenvalue weighted by Gasteiger charge is 1.98. The third kappa shape index (κ3) is 6.35. The monoisotopic (exact) mass is 165 g/mol. The molecular formula is C6H15NO2S. The van der Waals surface area contributed by atoms with Crippen molar-refractivity contribution in [3.05, 3.63) is 0 Å². The van der Waals surface area contributed by atoms with Gasteiger partial charge in [0.15, 0.2) is 0 Å². The summed E-state index contributed by atoms with van der Waals surface area (Å²) in [5, 5.41) is 20.2. The van der Waals surface area contributed by atoms with Crippen molar-refractivity contribution in [2.75, 3.05) is 31.7 Å². The van der Waals surface area contributed by atoms with Crippen LogP contribution in [0.4, 0.5) is 0 Å². The van der Waals surface area contributed by atoms with Crippen LogP contribution in [0.5, 0.6) is 0 Å². The quantitative estimate of drug-likeness (QED) is 0.455. The van der Waals surface area contributed by atoms with E-state index in [2.05, 4.69) is 5.32 Å². The second-order valence-corrected chi connectivity index (χ2v) is 3.02. The fourth-order valence-electron chi connectivity index (χ4n) is 0.507. The zero-order chi connectivity index (χ0) is 7.82. The molecule has 3 N–H and O–H groups in total. The van der Waals surface area contributed by atoms with Gasteiger partial charge < -0.3 is 15.5 Å². The summed E-state index contributed by atoms with van der Waals surface area (Å²) in [5.41, 5.74) is 0. The first-order valence-corrected chi connectivity index (χ1v) is 4.69. The summed E-state index contributed by atoms with van der Waals surface area (Å²) in [6, 6.07) is 0. The highest BCUT2D eigenvalue weighted by Crippen LogP contribution is 1.87. The SMILES string of the molecule is CSCCNC[C@H](O)CO. The number of rotatable bonds is 6. The van der Waals surface area contributed by atoms with Crippen LogP contribution in [0.3, 0.4) is 0 Å². The minimum atomic E-state index is -0.609. The van der Waals surface area contributed by atoms with Crippen LogP contribution < -0.4 is 5.32 Å². The minimum Gasteiger partial charge on any atom is -0.394 e. The molecule has 0 spiro atoms. The molecule has 0 aromatic heterocycles. The molecule has 3 nitrogen and oxygen atoms in total. The lowest BCUT2D eigenvalue weighted by Crippen LogP contribution is -2.30. The molecule has 0 aliphatic carbocycles. The largest absolute Gasteiger partial charge is 0.394 e. The molecule has 0 fully saturated rings. The second-order valence-electron chi connectivity index (χ2n) is 2.03. The lowest BCUT2D eigenvalue weighted by molar-refractivity contribution is 0.0950. The van der Waals surface area contributed by atoms with Crippen molar-refractivity contribution in [1.82, 2.24) is 5.32 Å². The average molecular weight is 165 g/mol. The maximum absolute atomic E-state index is 8.84. The Labute approximate surface area is 65.8 Å². The average Bonchev–Trinajstić information content (AvgIpc) is 1.98. The van der Waals surface area contributed by atoms with Crippen LogP contribution in [0.1, 0.15) is 0 Å². The second kappa shape index (κ2) is 7.34. The Morgan fingerprint density at radius 2 is 2.30 bits per heavy atom. The first kappa shape index (κ1) is 10.2. The number of hydrogen-bond donors (Lipinski definition) is 3. The van der Waals surface area contributed by atoms with Crippen LogP contribution in [0.15, 0.2) is 0 Å². The molecule has 0 aromatic rings. The smallest absolute Gasteiger partial charge is 0.0894 e. The summed E-state index contributed by atoms with van der Waals surface area (Å²) in [7, 11) is 0. The first-order valence-electron chi connectivity index (χ1n) is 3.29. The Kier molecular flexibility index (Phi) is 7.51. The summed E-state index contributed by atoms with van der Waals surface area (Å²) in [6.45, 7) is 1.21. The number of aliphatic hydroxyl groups excluding tert-OH is 2. The molecule has 0 bridgehead atoms. The third-order valence-electron chi connectivity index (χ3n) is 1.07. The van der Waals surface area contributed by atoms with E-state index >= 15 is 0 Å². The van der Waals surface area contributed by atoms with Crippen LogP contribution in [-0.4, -0.2) is 48.0 Å². The number of thioether (sulfide) groups is 1. The normalized spacial score (nSPS) is 13.5. The zero-order valence-electron chi connectivity index (χ0n) is 6.21. The molecule has 0 saturated carbocycles. The van der Waals surface area contributed by atoms with Crippen molar-refractivity contribution in [2.45, 2.75) is 6.10 Å². The van der Waals surface area contributed by atoms with Gasteiger partial charge in [-0.3, -0.25) is 0 Å².